The molecular weight excluding hydrogens is 353 g/mol. The lowest BCUT2D eigenvalue weighted by atomic mass is 9.94. The van der Waals surface area contributed by atoms with Crippen LogP contribution < -0.4 is 5.32 Å². The Bertz CT molecular complexity index is 443. The van der Waals surface area contributed by atoms with Crippen LogP contribution in [0.15, 0.2) is 12.1 Å². The molecule has 1 aromatic carbocycles. The van der Waals surface area contributed by atoms with Gasteiger partial charge in [0.05, 0.1) is 0 Å². The molecule has 1 aliphatic rings. The molecule has 0 spiro atoms. The van der Waals surface area contributed by atoms with Crippen LogP contribution in [0.5, 0.6) is 0 Å². The van der Waals surface area contributed by atoms with E-state index in [0.29, 0.717) is 5.92 Å². The number of hydrogen-bond donors (Lipinski definition) is 1. The Labute approximate surface area is 148 Å². The summed E-state index contributed by atoms with van der Waals surface area (Å²) in [6, 6.07) is 2.18. The number of benzene rings is 1. The van der Waals surface area contributed by atoms with E-state index in [4.69, 9.17) is 11.6 Å². The summed E-state index contributed by atoms with van der Waals surface area (Å²) in [5, 5.41) is 3.37. The van der Waals surface area contributed by atoms with E-state index in [0.717, 1.165) is 32.6 Å². The van der Waals surface area contributed by atoms with Crippen molar-refractivity contribution in [2.24, 2.45) is 5.92 Å². The van der Waals surface area contributed by atoms with E-state index >= 15 is 0 Å². The third-order valence-electron chi connectivity index (χ3n) is 3.66. The lowest BCUT2D eigenvalue weighted by molar-refractivity contribution is 0.147. The third-order valence-corrected chi connectivity index (χ3v) is 3.88. The van der Waals surface area contributed by atoms with Gasteiger partial charge in [-0.1, -0.05) is 25.4 Å². The molecule has 0 amide bonds. The third kappa shape index (κ3) is 5.50. The molecule has 128 valence electrons. The van der Waals surface area contributed by atoms with Crippen molar-refractivity contribution in [3.8, 4) is 0 Å². The number of piperazine rings is 1. The van der Waals surface area contributed by atoms with E-state index in [9.17, 15) is 8.78 Å². The Hall–Kier alpha value is -0.130. The first-order valence-electron chi connectivity index (χ1n) is 7.08. The normalized spacial score (nSPS) is 16.8. The van der Waals surface area contributed by atoms with Crippen LogP contribution in [0, 0.1) is 17.6 Å². The second-order valence-electron chi connectivity index (χ2n) is 5.71. The zero-order valence-corrected chi connectivity index (χ0v) is 15.1. The van der Waals surface area contributed by atoms with Gasteiger partial charge in [0.2, 0.25) is 0 Å². The van der Waals surface area contributed by atoms with E-state index in [-0.39, 0.29) is 41.4 Å². The van der Waals surface area contributed by atoms with Gasteiger partial charge in [0.25, 0.3) is 0 Å². The van der Waals surface area contributed by atoms with Gasteiger partial charge in [-0.25, -0.2) is 8.78 Å². The van der Waals surface area contributed by atoms with Gasteiger partial charge in [-0.15, -0.1) is 24.8 Å². The highest BCUT2D eigenvalue weighted by Crippen LogP contribution is 2.33. The SMILES string of the molecule is CC(C)C[C@H](c1c(F)cc(Cl)cc1F)N1CCNCC1.Cl.Cl. The molecule has 1 fully saturated rings. The van der Waals surface area contributed by atoms with Gasteiger partial charge >= 0.3 is 0 Å². The van der Waals surface area contributed by atoms with E-state index in [1.54, 1.807) is 0 Å². The maximum Gasteiger partial charge on any atom is 0.132 e. The minimum Gasteiger partial charge on any atom is -0.314 e. The predicted octanol–water partition coefficient (Wildman–Crippen LogP) is 4.45. The van der Waals surface area contributed by atoms with Gasteiger partial charge in [-0.2, -0.15) is 0 Å². The quantitative estimate of drug-likeness (QED) is 0.836. The summed E-state index contributed by atoms with van der Waals surface area (Å²) in [6.07, 6.45) is 0.732. The molecule has 1 heterocycles. The van der Waals surface area contributed by atoms with Crippen molar-refractivity contribution >= 4 is 36.4 Å². The number of rotatable bonds is 4. The van der Waals surface area contributed by atoms with Crippen LogP contribution in [-0.2, 0) is 0 Å². The summed E-state index contributed by atoms with van der Waals surface area (Å²) < 4.78 is 28.4. The lowest BCUT2D eigenvalue weighted by Crippen LogP contribution is -2.45. The van der Waals surface area contributed by atoms with Crippen LogP contribution in [0.2, 0.25) is 5.02 Å². The zero-order chi connectivity index (χ0) is 14.7. The first-order valence-corrected chi connectivity index (χ1v) is 7.46. The molecule has 22 heavy (non-hydrogen) atoms. The number of halogens is 5. The first kappa shape index (κ1) is 21.9. The smallest absolute Gasteiger partial charge is 0.132 e. The molecule has 0 aliphatic carbocycles. The van der Waals surface area contributed by atoms with Crippen molar-refractivity contribution in [2.45, 2.75) is 26.3 Å². The van der Waals surface area contributed by atoms with Crippen LogP contribution in [-0.4, -0.2) is 31.1 Å². The van der Waals surface area contributed by atoms with Gasteiger partial charge < -0.3 is 5.32 Å². The average molecular weight is 376 g/mol. The van der Waals surface area contributed by atoms with E-state index in [1.165, 1.54) is 12.1 Å². The Morgan fingerprint density at radius 1 is 1.14 bits per heavy atom. The van der Waals surface area contributed by atoms with Crippen LogP contribution in [0.3, 0.4) is 0 Å². The maximum absolute atomic E-state index is 14.2. The summed E-state index contributed by atoms with van der Waals surface area (Å²) in [5.41, 5.74) is 0.157. The molecule has 0 radical (unpaired) electrons. The molecule has 0 saturated carbocycles. The molecule has 2 rings (SSSR count). The average Bonchev–Trinajstić information content (AvgIpc) is 2.37. The van der Waals surface area contributed by atoms with Gasteiger partial charge in [0, 0.05) is 42.8 Å². The molecule has 0 bridgehead atoms. The molecule has 2 nitrogen and oxygen atoms in total. The Morgan fingerprint density at radius 2 is 1.64 bits per heavy atom. The molecule has 7 heteroatoms. The maximum atomic E-state index is 14.2. The highest BCUT2D eigenvalue weighted by atomic mass is 35.5. The summed E-state index contributed by atoms with van der Waals surface area (Å²) in [5.74, 6) is -0.720. The van der Waals surface area contributed by atoms with Crippen molar-refractivity contribution < 1.29 is 8.78 Å². The monoisotopic (exact) mass is 374 g/mol. The minimum absolute atomic E-state index is 0. The Kier molecular flexibility index (Phi) is 9.83. The predicted molar refractivity (Wildman–Crippen MR) is 92.5 cm³/mol. The lowest BCUT2D eigenvalue weighted by Gasteiger charge is -2.36. The largest absolute Gasteiger partial charge is 0.314 e. The molecule has 1 aromatic rings. The Morgan fingerprint density at radius 3 is 2.09 bits per heavy atom. The summed E-state index contributed by atoms with van der Waals surface area (Å²) >= 11 is 5.71. The fourth-order valence-electron chi connectivity index (χ4n) is 2.76. The van der Waals surface area contributed by atoms with Gasteiger partial charge in [0.15, 0.2) is 0 Å². The van der Waals surface area contributed by atoms with E-state index < -0.39 is 11.6 Å². The van der Waals surface area contributed by atoms with Crippen molar-refractivity contribution in [2.75, 3.05) is 26.2 Å². The van der Waals surface area contributed by atoms with Gasteiger partial charge in [-0.3, -0.25) is 4.90 Å². The summed E-state index contributed by atoms with van der Waals surface area (Å²) in [4.78, 5) is 2.16. The second kappa shape index (κ2) is 9.89. The molecule has 1 N–H and O–H groups in total. The van der Waals surface area contributed by atoms with Crippen LogP contribution >= 0.6 is 36.4 Å². The molecular formula is C15H23Cl3F2N2. The molecule has 1 aliphatic heterocycles. The second-order valence-corrected chi connectivity index (χ2v) is 6.15. The van der Waals surface area contributed by atoms with Crippen molar-refractivity contribution in [3.05, 3.63) is 34.4 Å². The van der Waals surface area contributed by atoms with Crippen LogP contribution in [0.25, 0.3) is 0 Å². The standard InChI is InChI=1S/C15H21ClF2N2.2ClH/c1-10(2)7-14(20-5-3-19-4-6-20)15-12(17)8-11(16)9-13(15)18;;/h8-10,14,19H,3-7H2,1-2H3;2*1H/t14-;;/m1../s1. The highest BCUT2D eigenvalue weighted by Gasteiger charge is 2.28. The molecule has 1 saturated heterocycles. The highest BCUT2D eigenvalue weighted by molar-refractivity contribution is 6.30. The van der Waals surface area contributed by atoms with Crippen LogP contribution in [0.1, 0.15) is 31.9 Å². The van der Waals surface area contributed by atoms with Gasteiger partial charge in [-0.05, 0) is 24.5 Å². The Balaban J connectivity index is 0.00000220. The minimum atomic E-state index is -0.542. The van der Waals surface area contributed by atoms with Crippen molar-refractivity contribution in [1.29, 1.82) is 0 Å². The van der Waals surface area contributed by atoms with Gasteiger partial charge in [0.1, 0.15) is 11.6 Å². The van der Waals surface area contributed by atoms with E-state index in [2.05, 4.69) is 24.1 Å². The van der Waals surface area contributed by atoms with Crippen molar-refractivity contribution in [3.63, 3.8) is 0 Å². The fraction of sp³-hybridized carbons (Fsp3) is 0.600. The summed E-state index contributed by atoms with van der Waals surface area (Å²) in [6.45, 7) is 7.45. The summed E-state index contributed by atoms with van der Waals surface area (Å²) in [7, 11) is 0. The van der Waals surface area contributed by atoms with Crippen molar-refractivity contribution in [1.82, 2.24) is 10.2 Å². The van der Waals surface area contributed by atoms with Crippen LogP contribution in [0.4, 0.5) is 8.78 Å². The number of nitrogens with zero attached hydrogens (tertiary/aromatic N) is 1. The molecule has 0 unspecified atom stereocenters. The first-order chi connectivity index (χ1) is 9.49. The van der Waals surface area contributed by atoms with E-state index in [1.807, 2.05) is 0 Å². The number of hydrogen-bond acceptors (Lipinski definition) is 2. The molecule has 1 atom stereocenters. The zero-order valence-electron chi connectivity index (χ0n) is 12.7. The molecule has 0 aromatic heterocycles. The fourth-order valence-corrected chi connectivity index (χ4v) is 2.95. The topological polar surface area (TPSA) is 15.3 Å². The number of nitrogens with one attached hydrogen (secondary N) is 1.